The summed E-state index contributed by atoms with van der Waals surface area (Å²) in [5, 5.41) is 0.847. The molecule has 0 unspecified atom stereocenters. The summed E-state index contributed by atoms with van der Waals surface area (Å²) in [4.78, 5) is 20.4. The van der Waals surface area contributed by atoms with Gasteiger partial charge in [-0.2, -0.15) is 0 Å². The molecule has 1 aliphatic rings. The van der Waals surface area contributed by atoms with Crippen LogP contribution in [0.3, 0.4) is 0 Å². The van der Waals surface area contributed by atoms with Crippen molar-refractivity contribution in [3.05, 3.63) is 126 Å². The summed E-state index contributed by atoms with van der Waals surface area (Å²) in [5.41, 5.74) is 5.76. The van der Waals surface area contributed by atoms with Crippen molar-refractivity contribution in [1.29, 1.82) is 0 Å². The van der Waals surface area contributed by atoms with Crippen molar-refractivity contribution in [2.45, 2.75) is 13.1 Å². The van der Waals surface area contributed by atoms with E-state index in [0.29, 0.717) is 31.9 Å². The van der Waals surface area contributed by atoms with Crippen molar-refractivity contribution in [2.75, 3.05) is 13.2 Å². The maximum absolute atomic E-state index is 14.1. The SMILES string of the molecule is O=C(c1ccnc2ccccc12)N(Cc1cccc(-c2ccccc2)c1)Cc1ccc2c(c1)OCCO2. The number of hydrogen-bond acceptors (Lipinski definition) is 4. The van der Waals surface area contributed by atoms with Crippen molar-refractivity contribution in [1.82, 2.24) is 9.88 Å². The van der Waals surface area contributed by atoms with E-state index in [1.807, 2.05) is 77.7 Å². The molecule has 1 aliphatic heterocycles. The highest BCUT2D eigenvalue weighted by atomic mass is 16.6. The first-order valence-corrected chi connectivity index (χ1v) is 12.4. The van der Waals surface area contributed by atoms with Crippen LogP contribution in [-0.2, 0) is 13.1 Å². The van der Waals surface area contributed by atoms with Crippen LogP contribution in [0.1, 0.15) is 21.5 Å². The van der Waals surface area contributed by atoms with Gasteiger partial charge in [0, 0.05) is 24.7 Å². The Labute approximate surface area is 215 Å². The average molecular weight is 487 g/mol. The topological polar surface area (TPSA) is 51.7 Å². The molecule has 6 rings (SSSR count). The van der Waals surface area contributed by atoms with Crippen molar-refractivity contribution in [2.24, 2.45) is 0 Å². The van der Waals surface area contributed by atoms with Gasteiger partial charge in [0.1, 0.15) is 13.2 Å². The summed E-state index contributed by atoms with van der Waals surface area (Å²) < 4.78 is 11.5. The van der Waals surface area contributed by atoms with Crippen molar-refractivity contribution < 1.29 is 14.3 Å². The van der Waals surface area contributed by atoms with E-state index in [-0.39, 0.29) is 5.91 Å². The van der Waals surface area contributed by atoms with Crippen molar-refractivity contribution >= 4 is 16.8 Å². The molecule has 0 N–H and O–H groups in total. The van der Waals surface area contributed by atoms with Gasteiger partial charge in [-0.3, -0.25) is 9.78 Å². The van der Waals surface area contributed by atoms with Crippen LogP contribution >= 0.6 is 0 Å². The molecule has 0 saturated heterocycles. The monoisotopic (exact) mass is 486 g/mol. The zero-order chi connectivity index (χ0) is 25.0. The van der Waals surface area contributed by atoms with E-state index >= 15 is 0 Å². The van der Waals surface area contributed by atoms with Crippen LogP contribution in [0, 0.1) is 0 Å². The van der Waals surface area contributed by atoms with Gasteiger partial charge in [-0.25, -0.2) is 0 Å². The lowest BCUT2D eigenvalue weighted by molar-refractivity contribution is 0.0731. The lowest BCUT2D eigenvalue weighted by Gasteiger charge is -2.25. The second kappa shape index (κ2) is 10.2. The second-order valence-corrected chi connectivity index (χ2v) is 9.08. The predicted molar refractivity (Wildman–Crippen MR) is 145 cm³/mol. The second-order valence-electron chi connectivity index (χ2n) is 9.08. The van der Waals surface area contributed by atoms with Gasteiger partial charge in [0.2, 0.25) is 0 Å². The summed E-state index contributed by atoms with van der Waals surface area (Å²) in [6.07, 6.45) is 1.70. The normalized spacial score (nSPS) is 12.3. The number of rotatable bonds is 6. The summed E-state index contributed by atoms with van der Waals surface area (Å²) in [6, 6.07) is 34.1. The van der Waals surface area contributed by atoms with Crippen molar-refractivity contribution in [3.63, 3.8) is 0 Å². The molecule has 0 aliphatic carbocycles. The number of pyridine rings is 1. The van der Waals surface area contributed by atoms with Crippen LogP contribution in [0.15, 0.2) is 109 Å². The molecular weight excluding hydrogens is 460 g/mol. The van der Waals surface area contributed by atoms with E-state index in [0.717, 1.165) is 44.7 Å². The number of carbonyl (C=O) groups excluding carboxylic acids is 1. The molecule has 5 heteroatoms. The highest BCUT2D eigenvalue weighted by Gasteiger charge is 2.21. The minimum atomic E-state index is -0.0430. The number of hydrogen-bond donors (Lipinski definition) is 0. The van der Waals surface area contributed by atoms with E-state index in [1.165, 1.54) is 0 Å². The fourth-order valence-electron chi connectivity index (χ4n) is 4.76. The van der Waals surface area contributed by atoms with Gasteiger partial charge in [-0.1, -0.05) is 72.8 Å². The highest BCUT2D eigenvalue weighted by molar-refractivity contribution is 6.05. The molecule has 1 aromatic heterocycles. The maximum atomic E-state index is 14.1. The van der Waals surface area contributed by atoms with Gasteiger partial charge in [0.25, 0.3) is 5.91 Å². The number of para-hydroxylation sites is 1. The summed E-state index contributed by atoms with van der Waals surface area (Å²) >= 11 is 0. The van der Waals surface area contributed by atoms with Gasteiger partial charge in [-0.05, 0) is 52.6 Å². The molecule has 0 atom stereocenters. The molecule has 5 aromatic rings. The lowest BCUT2D eigenvalue weighted by Crippen LogP contribution is -2.30. The number of amides is 1. The van der Waals surface area contributed by atoms with Crippen LogP contribution in [0.4, 0.5) is 0 Å². The number of carbonyl (C=O) groups is 1. The Balaban J connectivity index is 1.36. The van der Waals surface area contributed by atoms with Gasteiger partial charge < -0.3 is 14.4 Å². The lowest BCUT2D eigenvalue weighted by atomic mass is 10.0. The van der Waals surface area contributed by atoms with Crippen LogP contribution in [0.5, 0.6) is 11.5 Å². The first kappa shape index (κ1) is 22.8. The Kier molecular flexibility index (Phi) is 6.26. The van der Waals surface area contributed by atoms with E-state index in [9.17, 15) is 4.79 Å². The fourth-order valence-corrected chi connectivity index (χ4v) is 4.76. The Bertz CT molecular complexity index is 1560. The summed E-state index contributed by atoms with van der Waals surface area (Å²) in [5.74, 6) is 1.42. The molecule has 182 valence electrons. The molecule has 0 bridgehead atoms. The largest absolute Gasteiger partial charge is 0.486 e. The fraction of sp³-hybridized carbons (Fsp3) is 0.125. The first-order chi connectivity index (χ1) is 18.2. The molecule has 1 amide bonds. The molecule has 5 nitrogen and oxygen atoms in total. The predicted octanol–water partition coefficient (Wildman–Crippen LogP) is 6.52. The van der Waals surface area contributed by atoms with Gasteiger partial charge >= 0.3 is 0 Å². The number of fused-ring (bicyclic) bond motifs is 2. The zero-order valence-corrected chi connectivity index (χ0v) is 20.3. The van der Waals surface area contributed by atoms with E-state index in [2.05, 4.69) is 35.3 Å². The van der Waals surface area contributed by atoms with Crippen LogP contribution in [0.25, 0.3) is 22.0 Å². The number of aromatic nitrogens is 1. The zero-order valence-electron chi connectivity index (χ0n) is 20.3. The van der Waals surface area contributed by atoms with Crippen LogP contribution in [0.2, 0.25) is 0 Å². The average Bonchev–Trinajstić information content (AvgIpc) is 2.97. The standard InChI is InChI=1S/C32H26N2O3/c35-32(28-15-16-33-29-12-5-4-11-27(28)29)34(22-24-13-14-30-31(20-24)37-18-17-36-30)21-23-7-6-10-26(19-23)25-8-2-1-3-9-25/h1-16,19-20H,17-18,21-22H2. The van der Waals surface area contributed by atoms with E-state index < -0.39 is 0 Å². The molecule has 0 spiro atoms. The van der Waals surface area contributed by atoms with Crippen LogP contribution < -0.4 is 9.47 Å². The molecular formula is C32H26N2O3. The molecule has 0 fully saturated rings. The van der Waals surface area contributed by atoms with E-state index in [1.54, 1.807) is 6.20 Å². The van der Waals surface area contributed by atoms with Gasteiger partial charge in [0.15, 0.2) is 11.5 Å². The number of ether oxygens (including phenoxy) is 2. The first-order valence-electron chi connectivity index (χ1n) is 12.4. The van der Waals surface area contributed by atoms with Gasteiger partial charge in [0.05, 0.1) is 11.1 Å². The third-order valence-corrected chi connectivity index (χ3v) is 6.55. The smallest absolute Gasteiger partial charge is 0.255 e. The minimum absolute atomic E-state index is 0.0430. The van der Waals surface area contributed by atoms with Crippen LogP contribution in [-0.4, -0.2) is 29.0 Å². The molecule has 0 saturated carbocycles. The third kappa shape index (κ3) is 4.89. The highest BCUT2D eigenvalue weighted by Crippen LogP contribution is 2.32. The Hall–Kier alpha value is -4.64. The summed E-state index contributed by atoms with van der Waals surface area (Å²) in [6.45, 7) is 1.96. The maximum Gasteiger partial charge on any atom is 0.255 e. The Morgan fingerprint density at radius 1 is 0.703 bits per heavy atom. The number of nitrogens with zero attached hydrogens (tertiary/aromatic N) is 2. The molecule has 0 radical (unpaired) electrons. The molecule has 4 aromatic carbocycles. The third-order valence-electron chi connectivity index (χ3n) is 6.55. The summed E-state index contributed by atoms with van der Waals surface area (Å²) in [7, 11) is 0. The van der Waals surface area contributed by atoms with E-state index in [4.69, 9.17) is 9.47 Å². The van der Waals surface area contributed by atoms with Crippen molar-refractivity contribution in [3.8, 4) is 22.6 Å². The molecule has 37 heavy (non-hydrogen) atoms. The van der Waals surface area contributed by atoms with Gasteiger partial charge in [-0.15, -0.1) is 0 Å². The molecule has 2 heterocycles. The minimum Gasteiger partial charge on any atom is -0.486 e. The Morgan fingerprint density at radius 2 is 1.43 bits per heavy atom. The number of benzene rings is 4. The quantitative estimate of drug-likeness (QED) is 0.274. The Morgan fingerprint density at radius 3 is 2.30 bits per heavy atom.